The van der Waals surface area contributed by atoms with Gasteiger partial charge in [0.15, 0.2) is 0 Å². The predicted octanol–water partition coefficient (Wildman–Crippen LogP) is 2.36. The molecule has 0 atom stereocenters. The Kier molecular flexibility index (Phi) is 6.93. The number of hydrogen-bond acceptors (Lipinski definition) is 3. The van der Waals surface area contributed by atoms with Crippen LogP contribution < -0.4 is 15.5 Å². The highest BCUT2D eigenvalue weighted by molar-refractivity contribution is 6.34. The summed E-state index contributed by atoms with van der Waals surface area (Å²) < 4.78 is 0. The standard InChI is InChI=1S/C17H23ClN4O2.ClH/c1-19-11-12-4-7-21(8-5-12)16(23)14-10-13(2-3-15(14)18)22-9-6-20-17(22)24;/h2-3,10,12,19H,4-9,11H2,1H3,(H,20,24);1H. The number of nitrogens with one attached hydrogen (secondary N) is 2. The molecule has 2 saturated heterocycles. The molecule has 0 aliphatic carbocycles. The van der Waals surface area contributed by atoms with Crippen molar-refractivity contribution in [1.29, 1.82) is 0 Å². The molecule has 0 aromatic heterocycles. The summed E-state index contributed by atoms with van der Waals surface area (Å²) in [6, 6.07) is 5.07. The normalized spacial score (nSPS) is 18.1. The zero-order valence-corrected chi connectivity index (χ0v) is 15.8. The highest BCUT2D eigenvalue weighted by atomic mass is 35.5. The average Bonchev–Trinajstić information content (AvgIpc) is 3.02. The van der Waals surface area contributed by atoms with E-state index in [0.717, 1.165) is 32.5 Å². The molecule has 2 aliphatic rings. The molecule has 1 aromatic carbocycles. The third-order valence-electron chi connectivity index (χ3n) is 4.74. The predicted molar refractivity (Wildman–Crippen MR) is 102 cm³/mol. The van der Waals surface area contributed by atoms with Crippen molar-refractivity contribution in [1.82, 2.24) is 15.5 Å². The van der Waals surface area contributed by atoms with E-state index in [9.17, 15) is 9.59 Å². The van der Waals surface area contributed by atoms with Gasteiger partial charge in [-0.25, -0.2) is 4.79 Å². The van der Waals surface area contributed by atoms with E-state index in [1.165, 1.54) is 0 Å². The number of hydrogen-bond donors (Lipinski definition) is 2. The fourth-order valence-corrected chi connectivity index (χ4v) is 3.56. The summed E-state index contributed by atoms with van der Waals surface area (Å²) in [5.74, 6) is 0.568. The lowest BCUT2D eigenvalue weighted by Crippen LogP contribution is -2.40. The second-order valence-electron chi connectivity index (χ2n) is 6.34. The number of amides is 3. The van der Waals surface area contributed by atoms with Crippen molar-refractivity contribution < 1.29 is 9.59 Å². The molecule has 0 bridgehead atoms. The first kappa shape index (κ1) is 19.8. The molecule has 8 heteroatoms. The minimum Gasteiger partial charge on any atom is -0.339 e. The first-order valence-corrected chi connectivity index (χ1v) is 8.76. The van der Waals surface area contributed by atoms with Gasteiger partial charge in [-0.1, -0.05) is 11.6 Å². The van der Waals surface area contributed by atoms with Crippen LogP contribution in [0.5, 0.6) is 0 Å². The van der Waals surface area contributed by atoms with Crippen LogP contribution in [0, 0.1) is 5.92 Å². The summed E-state index contributed by atoms with van der Waals surface area (Å²) >= 11 is 6.26. The van der Waals surface area contributed by atoms with Gasteiger partial charge in [0.25, 0.3) is 5.91 Å². The van der Waals surface area contributed by atoms with Crippen LogP contribution in [0.25, 0.3) is 0 Å². The van der Waals surface area contributed by atoms with E-state index >= 15 is 0 Å². The van der Waals surface area contributed by atoms with Crippen LogP contribution in [0.4, 0.5) is 10.5 Å². The minimum absolute atomic E-state index is 0. The Balaban J connectivity index is 0.00000225. The Morgan fingerprint density at radius 1 is 1.32 bits per heavy atom. The number of carbonyl (C=O) groups excluding carboxylic acids is 2. The van der Waals surface area contributed by atoms with Gasteiger partial charge in [-0.05, 0) is 50.6 Å². The number of piperidine rings is 1. The van der Waals surface area contributed by atoms with Crippen molar-refractivity contribution in [2.75, 3.05) is 44.7 Å². The van der Waals surface area contributed by atoms with Crippen LogP contribution in [0.2, 0.25) is 5.02 Å². The molecule has 2 aliphatic heterocycles. The Bertz CT molecular complexity index is 633. The molecule has 25 heavy (non-hydrogen) atoms. The number of nitrogens with zero attached hydrogens (tertiary/aromatic N) is 2. The van der Waals surface area contributed by atoms with Gasteiger partial charge in [0, 0.05) is 31.9 Å². The molecule has 2 N–H and O–H groups in total. The van der Waals surface area contributed by atoms with Crippen molar-refractivity contribution in [2.24, 2.45) is 5.92 Å². The average molecular weight is 387 g/mol. The number of carbonyl (C=O) groups is 2. The third-order valence-corrected chi connectivity index (χ3v) is 5.07. The van der Waals surface area contributed by atoms with Crippen molar-refractivity contribution in [3.8, 4) is 0 Å². The van der Waals surface area contributed by atoms with Crippen LogP contribution in [0.3, 0.4) is 0 Å². The van der Waals surface area contributed by atoms with Crippen LogP contribution >= 0.6 is 24.0 Å². The van der Waals surface area contributed by atoms with E-state index in [1.807, 2.05) is 11.9 Å². The van der Waals surface area contributed by atoms with Crippen LogP contribution in [0.15, 0.2) is 18.2 Å². The van der Waals surface area contributed by atoms with Crippen molar-refractivity contribution in [2.45, 2.75) is 12.8 Å². The number of urea groups is 1. The Labute approximate surface area is 159 Å². The summed E-state index contributed by atoms with van der Waals surface area (Å²) in [6.07, 6.45) is 2.00. The number of halogens is 2. The van der Waals surface area contributed by atoms with Gasteiger partial charge in [0.2, 0.25) is 0 Å². The van der Waals surface area contributed by atoms with Gasteiger partial charge < -0.3 is 15.5 Å². The maximum atomic E-state index is 12.8. The fourth-order valence-electron chi connectivity index (χ4n) is 3.36. The molecule has 138 valence electrons. The van der Waals surface area contributed by atoms with Crippen LogP contribution in [-0.2, 0) is 0 Å². The van der Waals surface area contributed by atoms with E-state index < -0.39 is 0 Å². The molecule has 1 aromatic rings. The van der Waals surface area contributed by atoms with Gasteiger partial charge >= 0.3 is 6.03 Å². The molecule has 6 nitrogen and oxygen atoms in total. The number of rotatable bonds is 4. The molecule has 0 radical (unpaired) electrons. The highest BCUT2D eigenvalue weighted by Crippen LogP contribution is 2.27. The molecule has 0 unspecified atom stereocenters. The monoisotopic (exact) mass is 386 g/mol. The number of benzene rings is 1. The number of anilines is 1. The maximum absolute atomic E-state index is 12.8. The van der Waals surface area contributed by atoms with E-state index in [-0.39, 0.29) is 24.3 Å². The smallest absolute Gasteiger partial charge is 0.321 e. The largest absolute Gasteiger partial charge is 0.339 e. The first-order chi connectivity index (χ1) is 11.6. The van der Waals surface area contributed by atoms with Crippen molar-refractivity contribution >= 4 is 41.6 Å². The van der Waals surface area contributed by atoms with Crippen LogP contribution in [0.1, 0.15) is 23.2 Å². The lowest BCUT2D eigenvalue weighted by atomic mass is 9.96. The second-order valence-corrected chi connectivity index (χ2v) is 6.75. The molecule has 2 fully saturated rings. The maximum Gasteiger partial charge on any atom is 0.321 e. The summed E-state index contributed by atoms with van der Waals surface area (Å²) in [7, 11) is 1.96. The SMILES string of the molecule is CNCC1CCN(C(=O)c2cc(N3CCNC3=O)ccc2Cl)CC1.Cl. The van der Waals surface area contributed by atoms with E-state index in [2.05, 4.69) is 10.6 Å². The molecule has 0 saturated carbocycles. The molecule has 0 spiro atoms. The van der Waals surface area contributed by atoms with Gasteiger partial charge in [-0.3, -0.25) is 9.69 Å². The summed E-state index contributed by atoms with van der Waals surface area (Å²) in [6.45, 7) is 3.70. The fraction of sp³-hybridized carbons (Fsp3) is 0.529. The zero-order chi connectivity index (χ0) is 17.1. The Morgan fingerprint density at radius 3 is 2.64 bits per heavy atom. The molecular weight excluding hydrogens is 363 g/mol. The van der Waals surface area contributed by atoms with Crippen LogP contribution in [-0.4, -0.2) is 56.6 Å². The van der Waals surface area contributed by atoms with E-state index in [0.29, 0.717) is 35.3 Å². The molecule has 3 rings (SSSR count). The number of likely N-dealkylation sites (tertiary alicyclic amines) is 1. The lowest BCUT2D eigenvalue weighted by molar-refractivity contribution is 0.0691. The Morgan fingerprint density at radius 2 is 2.04 bits per heavy atom. The second kappa shape index (κ2) is 8.74. The molecular formula is C17H24Cl2N4O2. The van der Waals surface area contributed by atoms with Gasteiger partial charge in [0.1, 0.15) is 0 Å². The molecule has 3 amide bonds. The topological polar surface area (TPSA) is 64.7 Å². The van der Waals surface area contributed by atoms with E-state index in [1.54, 1.807) is 23.1 Å². The summed E-state index contributed by atoms with van der Waals surface area (Å²) in [5, 5.41) is 6.39. The third kappa shape index (κ3) is 4.37. The highest BCUT2D eigenvalue weighted by Gasteiger charge is 2.27. The lowest BCUT2D eigenvalue weighted by Gasteiger charge is -2.32. The zero-order valence-electron chi connectivity index (χ0n) is 14.3. The summed E-state index contributed by atoms with van der Waals surface area (Å²) in [4.78, 5) is 28.2. The minimum atomic E-state index is -0.136. The van der Waals surface area contributed by atoms with Gasteiger partial charge in [-0.2, -0.15) is 0 Å². The van der Waals surface area contributed by atoms with Gasteiger partial charge in [-0.15, -0.1) is 12.4 Å². The molecule has 2 heterocycles. The first-order valence-electron chi connectivity index (χ1n) is 8.39. The summed E-state index contributed by atoms with van der Waals surface area (Å²) in [5.41, 5.74) is 1.18. The Hall–Kier alpha value is -1.50. The van der Waals surface area contributed by atoms with Crippen molar-refractivity contribution in [3.05, 3.63) is 28.8 Å². The quantitative estimate of drug-likeness (QED) is 0.834. The van der Waals surface area contributed by atoms with Gasteiger partial charge in [0.05, 0.1) is 10.6 Å². The van der Waals surface area contributed by atoms with Crippen molar-refractivity contribution in [3.63, 3.8) is 0 Å². The van der Waals surface area contributed by atoms with E-state index in [4.69, 9.17) is 11.6 Å².